The van der Waals surface area contributed by atoms with Crippen LogP contribution in [0.15, 0.2) is 56.0 Å². The molecule has 0 aliphatic heterocycles. The van der Waals surface area contributed by atoms with Crippen LogP contribution in [0.4, 0.5) is 0 Å². The maximum Gasteiger partial charge on any atom is -1.00 e. The van der Waals surface area contributed by atoms with Crippen molar-refractivity contribution < 1.29 is 54.0 Å². The Balaban J connectivity index is 0.00000242. The standard InChI is InChI=1S/C18H25OSi.2ClH.Zr/c1-5-15-11-12-17(14-15)18-10-6-8-16(18)9-7-13-19-20(2,3)4;;;/h5-6,8,11-12H,7,9-10,13H2,1-4H3;2*1H;/q;;;+2/p-2. The Labute approximate surface area is 169 Å². The molecule has 1 nitrogen and oxygen atoms in total. The molecule has 0 aromatic carbocycles. The first-order valence-corrected chi connectivity index (χ1v) is 12.4. The largest absolute Gasteiger partial charge is 1.00 e. The molecule has 0 saturated carbocycles. The van der Waals surface area contributed by atoms with Crippen molar-refractivity contribution in [3.8, 4) is 0 Å². The summed E-state index contributed by atoms with van der Waals surface area (Å²) in [5.74, 6) is 0. The maximum absolute atomic E-state index is 5.97. The molecule has 2 aliphatic carbocycles. The predicted octanol–water partition coefficient (Wildman–Crippen LogP) is -0.800. The van der Waals surface area contributed by atoms with Crippen LogP contribution in [0.5, 0.6) is 0 Å². The molecule has 0 aromatic heterocycles. The van der Waals surface area contributed by atoms with Gasteiger partial charge in [-0.15, -0.1) is 0 Å². The molecule has 0 heterocycles. The average molecular weight is 448 g/mol. The van der Waals surface area contributed by atoms with Gasteiger partial charge in [-0.3, -0.25) is 0 Å². The van der Waals surface area contributed by atoms with E-state index in [1.807, 2.05) is 0 Å². The molecule has 0 fully saturated rings. The van der Waals surface area contributed by atoms with E-state index >= 15 is 0 Å². The van der Waals surface area contributed by atoms with E-state index in [2.05, 4.69) is 56.9 Å². The van der Waals surface area contributed by atoms with Gasteiger partial charge in [0, 0.05) is 0 Å². The summed E-state index contributed by atoms with van der Waals surface area (Å²) >= 11 is 1.51. The maximum atomic E-state index is 5.97. The molecule has 0 spiro atoms. The van der Waals surface area contributed by atoms with Gasteiger partial charge >= 0.3 is 146 Å². The van der Waals surface area contributed by atoms with Crippen LogP contribution in [0.1, 0.15) is 26.2 Å². The monoisotopic (exact) mass is 445 g/mol. The Morgan fingerprint density at radius 2 is 1.87 bits per heavy atom. The summed E-state index contributed by atoms with van der Waals surface area (Å²) < 4.78 is 7.48. The quantitative estimate of drug-likeness (QED) is 0.383. The zero-order valence-electron chi connectivity index (χ0n) is 14.4. The molecule has 125 valence electrons. The third-order valence-corrected chi connectivity index (χ3v) is 6.22. The summed E-state index contributed by atoms with van der Waals surface area (Å²) in [5, 5.41) is 0. The van der Waals surface area contributed by atoms with Crippen LogP contribution in [-0.4, -0.2) is 14.9 Å². The normalized spacial score (nSPS) is 18.8. The first-order valence-electron chi connectivity index (χ1n) is 7.76. The molecular weight excluding hydrogens is 422 g/mol. The van der Waals surface area contributed by atoms with Crippen molar-refractivity contribution in [3.05, 3.63) is 56.0 Å². The van der Waals surface area contributed by atoms with Crippen LogP contribution >= 0.6 is 0 Å². The van der Waals surface area contributed by atoms with Crippen LogP contribution in [0.3, 0.4) is 0 Å². The van der Waals surface area contributed by atoms with Crippen molar-refractivity contribution in [1.82, 2.24) is 0 Å². The van der Waals surface area contributed by atoms with Gasteiger partial charge in [0.15, 0.2) is 0 Å². The summed E-state index contributed by atoms with van der Waals surface area (Å²) in [5.41, 5.74) is 5.95. The number of rotatable bonds is 6. The minimum Gasteiger partial charge on any atom is -1.00 e. The smallest absolute Gasteiger partial charge is 1.00 e. The Bertz CT molecular complexity index is 566. The second kappa shape index (κ2) is 10.4. The van der Waals surface area contributed by atoms with Crippen LogP contribution in [0, 0.1) is 0 Å². The average Bonchev–Trinajstić information content (AvgIpc) is 2.99. The zero-order chi connectivity index (χ0) is 15.5. The Kier molecular flexibility index (Phi) is 10.5. The van der Waals surface area contributed by atoms with E-state index in [0.29, 0.717) is 0 Å². The van der Waals surface area contributed by atoms with Gasteiger partial charge in [0.25, 0.3) is 0 Å². The minimum absolute atomic E-state index is 0. The third kappa shape index (κ3) is 6.63. The molecule has 0 radical (unpaired) electrons. The molecule has 0 unspecified atom stereocenters. The molecule has 5 heteroatoms. The van der Waals surface area contributed by atoms with Crippen molar-refractivity contribution >= 4 is 8.32 Å². The Morgan fingerprint density at radius 1 is 1.17 bits per heavy atom. The van der Waals surface area contributed by atoms with E-state index in [9.17, 15) is 0 Å². The van der Waals surface area contributed by atoms with E-state index < -0.39 is 8.32 Å². The molecule has 2 rings (SSSR count). The number of halogens is 2. The molecule has 0 N–H and O–H groups in total. The van der Waals surface area contributed by atoms with Crippen molar-refractivity contribution in [2.24, 2.45) is 0 Å². The molecule has 0 aromatic rings. The van der Waals surface area contributed by atoms with Gasteiger partial charge in [-0.2, -0.15) is 0 Å². The molecule has 0 saturated heterocycles. The number of hydrogen-bond donors (Lipinski definition) is 0. The van der Waals surface area contributed by atoms with Gasteiger partial charge in [0.1, 0.15) is 0 Å². The van der Waals surface area contributed by atoms with Crippen LogP contribution in [0.25, 0.3) is 0 Å². The van der Waals surface area contributed by atoms with E-state index in [-0.39, 0.29) is 24.8 Å². The summed E-state index contributed by atoms with van der Waals surface area (Å²) in [6.07, 6.45) is 14.8. The fourth-order valence-corrected chi connectivity index (χ4v) is 4.59. The van der Waals surface area contributed by atoms with Crippen molar-refractivity contribution in [1.29, 1.82) is 0 Å². The Hall–Kier alpha value is 0.340. The van der Waals surface area contributed by atoms with Gasteiger partial charge in [-0.05, 0) is 0 Å². The van der Waals surface area contributed by atoms with Gasteiger partial charge in [-0.25, -0.2) is 0 Å². The van der Waals surface area contributed by atoms with Crippen LogP contribution in [-0.2, 0) is 29.1 Å². The first-order chi connectivity index (χ1) is 9.92. The SMILES string of the molecule is CC=C1C=CC(C2=C(CCCO[Si](C)(C)C)C=CC2)=[C]1[Zr+2].[Cl-].[Cl-]. The fourth-order valence-electron chi connectivity index (χ4n) is 2.70. The summed E-state index contributed by atoms with van der Waals surface area (Å²) in [7, 11) is -1.36. The third-order valence-electron chi connectivity index (χ3n) is 3.78. The molecule has 23 heavy (non-hydrogen) atoms. The molecule has 0 bridgehead atoms. The van der Waals surface area contributed by atoms with E-state index in [1.165, 1.54) is 44.7 Å². The summed E-state index contributed by atoms with van der Waals surface area (Å²) in [6.45, 7) is 9.80. The van der Waals surface area contributed by atoms with E-state index in [0.717, 1.165) is 25.9 Å². The van der Waals surface area contributed by atoms with Crippen molar-refractivity contribution in [2.75, 3.05) is 6.61 Å². The summed E-state index contributed by atoms with van der Waals surface area (Å²) in [4.78, 5) is 0. The minimum atomic E-state index is -1.36. The van der Waals surface area contributed by atoms with Crippen LogP contribution < -0.4 is 24.8 Å². The second-order valence-corrected chi connectivity index (χ2v) is 12.3. The number of allylic oxidation sites excluding steroid dienone is 10. The van der Waals surface area contributed by atoms with Crippen molar-refractivity contribution in [3.63, 3.8) is 0 Å². The summed E-state index contributed by atoms with van der Waals surface area (Å²) in [6, 6.07) is 0. The zero-order valence-corrected chi connectivity index (χ0v) is 19.3. The first kappa shape index (κ1) is 23.3. The fraction of sp³-hybridized carbons (Fsp3) is 0.444. The molecule has 0 amide bonds. The van der Waals surface area contributed by atoms with Gasteiger partial charge < -0.3 is 24.8 Å². The molecule has 0 atom stereocenters. The second-order valence-electron chi connectivity index (χ2n) is 6.54. The van der Waals surface area contributed by atoms with Gasteiger partial charge in [0.2, 0.25) is 0 Å². The van der Waals surface area contributed by atoms with E-state index in [1.54, 1.807) is 5.57 Å². The van der Waals surface area contributed by atoms with Gasteiger partial charge in [0.05, 0.1) is 0 Å². The van der Waals surface area contributed by atoms with Gasteiger partial charge in [-0.1, -0.05) is 0 Å². The molecular formula is C18H25Cl2OSiZr. The molecule has 2 aliphatic rings. The van der Waals surface area contributed by atoms with Crippen molar-refractivity contribution in [2.45, 2.75) is 45.8 Å². The predicted molar refractivity (Wildman–Crippen MR) is 89.2 cm³/mol. The van der Waals surface area contributed by atoms with E-state index in [4.69, 9.17) is 4.43 Å². The van der Waals surface area contributed by atoms with Crippen LogP contribution in [0.2, 0.25) is 19.6 Å². The number of hydrogen-bond acceptors (Lipinski definition) is 1. The Morgan fingerprint density at radius 3 is 2.43 bits per heavy atom. The topological polar surface area (TPSA) is 9.23 Å².